The number of benzene rings is 2. The van der Waals surface area contributed by atoms with E-state index in [0.717, 1.165) is 24.3 Å². The van der Waals surface area contributed by atoms with Crippen molar-refractivity contribution in [3.05, 3.63) is 76.9 Å². The van der Waals surface area contributed by atoms with Gasteiger partial charge in [-0.3, -0.25) is 9.69 Å². The van der Waals surface area contributed by atoms with E-state index in [-0.39, 0.29) is 5.91 Å². The van der Waals surface area contributed by atoms with E-state index in [0.29, 0.717) is 27.2 Å². The molecule has 2 fully saturated rings. The molecule has 0 aliphatic carbocycles. The van der Waals surface area contributed by atoms with E-state index in [1.807, 2.05) is 36.4 Å². The van der Waals surface area contributed by atoms with Gasteiger partial charge in [0.15, 0.2) is 5.17 Å². The highest BCUT2D eigenvalue weighted by atomic mass is 32.2. The second-order valence-corrected chi connectivity index (χ2v) is 9.33. The van der Waals surface area contributed by atoms with Crippen LogP contribution in [0.4, 0.5) is 11.4 Å². The Kier molecular flexibility index (Phi) is 6.24. The number of aliphatic imine (C=N–C) groups is 1. The fraction of sp³-hybridized carbons (Fsp3) is 0.222. The standard InChI is InChI=1S/C27H24N4O2S/c1-30-26(32)25(17-23-13-14-24(33-23)20-7-5-19(18-28)6-8-20)34-27(30)29-21-9-11-22(12-10-21)31-15-3-2-4-16-31/h5-14,17H,2-4,15-16H2,1H3/b25-17-,29-27?. The number of nitriles is 1. The number of amides is 1. The monoisotopic (exact) mass is 468 g/mol. The number of nitrogens with zero attached hydrogens (tertiary/aromatic N) is 4. The molecule has 0 N–H and O–H groups in total. The smallest absolute Gasteiger partial charge is 0.266 e. The van der Waals surface area contributed by atoms with Crippen LogP contribution in [-0.4, -0.2) is 36.1 Å². The molecule has 2 aliphatic heterocycles. The summed E-state index contributed by atoms with van der Waals surface area (Å²) in [5.41, 5.74) is 3.52. The fourth-order valence-electron chi connectivity index (χ4n) is 4.08. The summed E-state index contributed by atoms with van der Waals surface area (Å²) in [5.74, 6) is 1.17. The Bertz CT molecular complexity index is 1290. The number of carbonyl (C=O) groups is 1. The summed E-state index contributed by atoms with van der Waals surface area (Å²) in [4.78, 5) is 22.0. The highest BCUT2D eigenvalue weighted by Crippen LogP contribution is 2.34. The minimum Gasteiger partial charge on any atom is -0.457 e. The zero-order chi connectivity index (χ0) is 23.5. The molecule has 1 amide bonds. The van der Waals surface area contributed by atoms with Gasteiger partial charge in [0.25, 0.3) is 5.91 Å². The molecule has 170 valence electrons. The van der Waals surface area contributed by atoms with Crippen LogP contribution in [0.15, 0.2) is 75.0 Å². The summed E-state index contributed by atoms with van der Waals surface area (Å²) >= 11 is 1.34. The highest BCUT2D eigenvalue weighted by molar-refractivity contribution is 8.18. The first-order valence-electron chi connectivity index (χ1n) is 11.3. The summed E-state index contributed by atoms with van der Waals surface area (Å²) in [6.07, 6.45) is 5.55. The number of hydrogen-bond donors (Lipinski definition) is 0. The van der Waals surface area contributed by atoms with E-state index in [9.17, 15) is 4.79 Å². The van der Waals surface area contributed by atoms with E-state index in [2.05, 4.69) is 23.1 Å². The number of piperidine rings is 1. The molecule has 2 saturated heterocycles. The Labute approximate surface area is 203 Å². The van der Waals surface area contributed by atoms with Crippen molar-refractivity contribution < 1.29 is 9.21 Å². The number of amidine groups is 1. The van der Waals surface area contributed by atoms with Gasteiger partial charge in [0.1, 0.15) is 11.5 Å². The molecule has 0 atom stereocenters. The van der Waals surface area contributed by atoms with Crippen LogP contribution < -0.4 is 4.90 Å². The molecule has 0 saturated carbocycles. The molecular formula is C27H24N4O2S. The average Bonchev–Trinajstić information content (AvgIpc) is 3.46. The topological polar surface area (TPSA) is 72.8 Å². The molecule has 3 aromatic rings. The largest absolute Gasteiger partial charge is 0.457 e. The Morgan fingerprint density at radius 3 is 2.44 bits per heavy atom. The number of hydrogen-bond acceptors (Lipinski definition) is 6. The second kappa shape index (κ2) is 9.62. The van der Waals surface area contributed by atoms with Crippen molar-refractivity contribution in [1.82, 2.24) is 4.90 Å². The maximum atomic E-state index is 12.8. The van der Waals surface area contributed by atoms with Gasteiger partial charge >= 0.3 is 0 Å². The summed E-state index contributed by atoms with van der Waals surface area (Å²) < 4.78 is 5.93. The van der Waals surface area contributed by atoms with Gasteiger partial charge in [0.2, 0.25) is 0 Å². The van der Waals surface area contributed by atoms with Gasteiger partial charge in [0, 0.05) is 37.5 Å². The zero-order valence-corrected chi connectivity index (χ0v) is 19.7. The molecule has 1 aromatic heterocycles. The number of rotatable bonds is 4. The third kappa shape index (κ3) is 4.63. The molecule has 2 aliphatic rings. The Morgan fingerprint density at radius 1 is 1.00 bits per heavy atom. The Balaban J connectivity index is 1.31. The van der Waals surface area contributed by atoms with Crippen LogP contribution in [0.1, 0.15) is 30.6 Å². The van der Waals surface area contributed by atoms with Crippen molar-refractivity contribution in [3.8, 4) is 17.4 Å². The van der Waals surface area contributed by atoms with Crippen LogP contribution in [-0.2, 0) is 4.79 Å². The lowest BCUT2D eigenvalue weighted by Gasteiger charge is -2.28. The van der Waals surface area contributed by atoms with E-state index >= 15 is 0 Å². The highest BCUT2D eigenvalue weighted by Gasteiger charge is 2.30. The molecule has 3 heterocycles. The molecule has 0 spiro atoms. The van der Waals surface area contributed by atoms with Crippen molar-refractivity contribution in [1.29, 1.82) is 5.26 Å². The third-order valence-electron chi connectivity index (χ3n) is 6.00. The van der Waals surface area contributed by atoms with Gasteiger partial charge in [-0.25, -0.2) is 4.99 Å². The molecule has 2 aromatic carbocycles. The van der Waals surface area contributed by atoms with Gasteiger partial charge in [0.05, 0.1) is 22.2 Å². The first kappa shape index (κ1) is 22.1. The first-order chi connectivity index (χ1) is 16.6. The molecular weight excluding hydrogens is 444 g/mol. The maximum Gasteiger partial charge on any atom is 0.266 e. The summed E-state index contributed by atoms with van der Waals surface area (Å²) in [7, 11) is 1.74. The van der Waals surface area contributed by atoms with Crippen LogP contribution in [0.3, 0.4) is 0 Å². The third-order valence-corrected chi connectivity index (χ3v) is 7.06. The SMILES string of the molecule is CN1C(=O)/C(=C/c2ccc(-c3ccc(C#N)cc3)o2)SC1=Nc1ccc(N2CCCCC2)cc1. The summed E-state index contributed by atoms with van der Waals surface area (Å²) in [6.45, 7) is 2.21. The Hall–Kier alpha value is -3.76. The fourth-order valence-corrected chi connectivity index (χ4v) is 5.04. The van der Waals surface area contributed by atoms with Crippen molar-refractivity contribution >= 4 is 40.3 Å². The zero-order valence-electron chi connectivity index (χ0n) is 18.9. The molecule has 0 unspecified atom stereocenters. The number of furan rings is 1. The average molecular weight is 469 g/mol. The normalized spacial score (nSPS) is 18.6. The minimum absolute atomic E-state index is 0.106. The maximum absolute atomic E-state index is 12.8. The van der Waals surface area contributed by atoms with E-state index in [4.69, 9.17) is 14.7 Å². The van der Waals surface area contributed by atoms with E-state index in [1.54, 1.807) is 30.2 Å². The lowest BCUT2D eigenvalue weighted by molar-refractivity contribution is -0.121. The van der Waals surface area contributed by atoms with Crippen LogP contribution in [0.25, 0.3) is 17.4 Å². The van der Waals surface area contributed by atoms with Crippen LogP contribution in [0.2, 0.25) is 0 Å². The quantitative estimate of drug-likeness (QED) is 0.436. The number of carbonyl (C=O) groups excluding carboxylic acids is 1. The van der Waals surface area contributed by atoms with Gasteiger partial charge in [-0.05, 0) is 91.7 Å². The number of thioether (sulfide) groups is 1. The second-order valence-electron chi connectivity index (χ2n) is 8.32. The van der Waals surface area contributed by atoms with Crippen LogP contribution >= 0.6 is 11.8 Å². The van der Waals surface area contributed by atoms with Crippen LogP contribution in [0.5, 0.6) is 0 Å². The van der Waals surface area contributed by atoms with Crippen LogP contribution in [0, 0.1) is 11.3 Å². The Morgan fingerprint density at radius 2 is 1.74 bits per heavy atom. The number of anilines is 1. The van der Waals surface area contributed by atoms with Crippen molar-refractivity contribution in [3.63, 3.8) is 0 Å². The van der Waals surface area contributed by atoms with Gasteiger partial charge in [-0.1, -0.05) is 0 Å². The lowest BCUT2D eigenvalue weighted by atomic mass is 10.1. The van der Waals surface area contributed by atoms with E-state index in [1.165, 1.54) is 36.7 Å². The van der Waals surface area contributed by atoms with Crippen molar-refractivity contribution in [2.45, 2.75) is 19.3 Å². The molecule has 0 bridgehead atoms. The molecule has 34 heavy (non-hydrogen) atoms. The summed E-state index contributed by atoms with van der Waals surface area (Å²) in [6, 6.07) is 21.2. The van der Waals surface area contributed by atoms with Gasteiger partial charge in [-0.2, -0.15) is 5.26 Å². The van der Waals surface area contributed by atoms with Gasteiger partial charge in [-0.15, -0.1) is 0 Å². The number of likely N-dealkylation sites (N-methyl/N-ethyl adjacent to an activating group) is 1. The molecule has 7 heteroatoms. The van der Waals surface area contributed by atoms with Crippen molar-refractivity contribution in [2.24, 2.45) is 4.99 Å². The van der Waals surface area contributed by atoms with Gasteiger partial charge < -0.3 is 9.32 Å². The minimum atomic E-state index is -0.106. The lowest BCUT2D eigenvalue weighted by Crippen LogP contribution is -2.29. The van der Waals surface area contributed by atoms with E-state index < -0.39 is 0 Å². The predicted octanol–water partition coefficient (Wildman–Crippen LogP) is 6.04. The summed E-state index contributed by atoms with van der Waals surface area (Å²) in [5, 5.41) is 9.60. The molecule has 5 rings (SSSR count). The predicted molar refractivity (Wildman–Crippen MR) is 137 cm³/mol. The molecule has 0 radical (unpaired) electrons. The molecule has 6 nitrogen and oxygen atoms in total. The van der Waals surface area contributed by atoms with Crippen molar-refractivity contribution in [2.75, 3.05) is 25.0 Å². The first-order valence-corrected chi connectivity index (χ1v) is 12.1.